The molecule has 0 aromatic heterocycles. The SMILES string of the molecule is CCC(CC(C)(C)C)[PH](=O)Oc1ccccc1. The molecule has 0 aliphatic carbocycles. The molecule has 0 amide bonds. The van der Waals surface area contributed by atoms with Crippen LogP contribution < -0.4 is 4.52 Å². The van der Waals surface area contributed by atoms with Gasteiger partial charge in [0.05, 0.1) is 0 Å². The molecule has 0 bridgehead atoms. The second-order valence-corrected chi connectivity index (χ2v) is 7.26. The molecule has 0 spiro atoms. The van der Waals surface area contributed by atoms with Crippen molar-refractivity contribution >= 4 is 8.03 Å². The Morgan fingerprint density at radius 3 is 2.29 bits per heavy atom. The van der Waals surface area contributed by atoms with Crippen LogP contribution in [0.25, 0.3) is 0 Å². The van der Waals surface area contributed by atoms with E-state index in [-0.39, 0.29) is 11.1 Å². The molecule has 2 unspecified atom stereocenters. The van der Waals surface area contributed by atoms with E-state index < -0.39 is 8.03 Å². The quantitative estimate of drug-likeness (QED) is 0.708. The normalized spacial score (nSPS) is 15.3. The average molecular weight is 254 g/mol. The molecule has 1 aromatic carbocycles. The summed E-state index contributed by atoms with van der Waals surface area (Å²) >= 11 is 0. The van der Waals surface area contributed by atoms with E-state index >= 15 is 0 Å². The van der Waals surface area contributed by atoms with Crippen LogP contribution in [0.3, 0.4) is 0 Å². The smallest absolute Gasteiger partial charge is 0.239 e. The molecule has 0 heterocycles. The third-order valence-corrected chi connectivity index (χ3v) is 4.36. The van der Waals surface area contributed by atoms with E-state index in [2.05, 4.69) is 27.7 Å². The Morgan fingerprint density at radius 1 is 1.24 bits per heavy atom. The van der Waals surface area contributed by atoms with Gasteiger partial charge < -0.3 is 4.52 Å². The van der Waals surface area contributed by atoms with Gasteiger partial charge in [-0.15, -0.1) is 0 Å². The van der Waals surface area contributed by atoms with Gasteiger partial charge >= 0.3 is 0 Å². The van der Waals surface area contributed by atoms with Crippen molar-refractivity contribution in [3.05, 3.63) is 30.3 Å². The van der Waals surface area contributed by atoms with Crippen molar-refractivity contribution in [1.82, 2.24) is 0 Å². The Hall–Kier alpha value is -0.750. The van der Waals surface area contributed by atoms with E-state index in [0.29, 0.717) is 5.75 Å². The highest BCUT2D eigenvalue weighted by atomic mass is 31.1. The molecule has 2 nitrogen and oxygen atoms in total. The summed E-state index contributed by atoms with van der Waals surface area (Å²) in [5.74, 6) is 0.712. The van der Waals surface area contributed by atoms with Gasteiger partial charge in [0, 0.05) is 5.66 Å². The lowest BCUT2D eigenvalue weighted by Crippen LogP contribution is -2.15. The van der Waals surface area contributed by atoms with Crippen molar-refractivity contribution in [1.29, 1.82) is 0 Å². The molecular formula is C14H23O2P. The van der Waals surface area contributed by atoms with Gasteiger partial charge in [-0.05, 0) is 30.4 Å². The van der Waals surface area contributed by atoms with Crippen LogP contribution in [0.5, 0.6) is 5.75 Å². The number of hydrogen-bond acceptors (Lipinski definition) is 2. The Morgan fingerprint density at radius 2 is 1.82 bits per heavy atom. The summed E-state index contributed by atoms with van der Waals surface area (Å²) in [6.07, 6.45) is 1.84. The molecule has 96 valence electrons. The lowest BCUT2D eigenvalue weighted by molar-refractivity contribution is 0.355. The van der Waals surface area contributed by atoms with Crippen LogP contribution in [0.15, 0.2) is 30.3 Å². The number of benzene rings is 1. The lowest BCUT2D eigenvalue weighted by atomic mass is 9.90. The van der Waals surface area contributed by atoms with Crippen LogP contribution in [0.1, 0.15) is 40.5 Å². The molecule has 1 aromatic rings. The van der Waals surface area contributed by atoms with Crippen LogP contribution in [0, 0.1) is 5.41 Å². The summed E-state index contributed by atoms with van der Waals surface area (Å²) < 4.78 is 17.7. The van der Waals surface area contributed by atoms with Crippen LogP contribution in [-0.2, 0) is 4.57 Å². The summed E-state index contributed by atoms with van der Waals surface area (Å²) in [5, 5.41) is 0. The Balaban J connectivity index is 2.62. The number of rotatable bonds is 5. The molecule has 0 saturated carbocycles. The molecule has 3 heteroatoms. The minimum absolute atomic E-state index is 0.167. The van der Waals surface area contributed by atoms with Crippen LogP contribution in [-0.4, -0.2) is 5.66 Å². The fraction of sp³-hybridized carbons (Fsp3) is 0.571. The van der Waals surface area contributed by atoms with E-state index in [1.807, 2.05) is 30.3 Å². The van der Waals surface area contributed by atoms with Crippen molar-refractivity contribution in [2.75, 3.05) is 0 Å². The lowest BCUT2D eigenvalue weighted by Gasteiger charge is -2.24. The van der Waals surface area contributed by atoms with Gasteiger partial charge in [0.15, 0.2) is 0 Å². The average Bonchev–Trinajstić information content (AvgIpc) is 2.26. The van der Waals surface area contributed by atoms with Crippen molar-refractivity contribution in [2.45, 2.75) is 46.2 Å². The zero-order chi connectivity index (χ0) is 12.9. The maximum absolute atomic E-state index is 12.2. The predicted octanol–water partition coefficient (Wildman–Crippen LogP) is 4.75. The van der Waals surface area contributed by atoms with E-state index in [1.54, 1.807) is 0 Å². The highest BCUT2D eigenvalue weighted by molar-refractivity contribution is 7.40. The second kappa shape index (κ2) is 6.26. The Labute approximate surface area is 105 Å². The van der Waals surface area contributed by atoms with Gasteiger partial charge in [0.2, 0.25) is 8.03 Å². The molecule has 0 aliphatic heterocycles. The zero-order valence-corrected chi connectivity index (χ0v) is 12.2. The van der Waals surface area contributed by atoms with Crippen LogP contribution in [0.2, 0.25) is 0 Å². The van der Waals surface area contributed by atoms with Crippen LogP contribution in [0.4, 0.5) is 0 Å². The monoisotopic (exact) mass is 254 g/mol. The van der Waals surface area contributed by atoms with Gasteiger partial charge in [0.25, 0.3) is 0 Å². The predicted molar refractivity (Wildman–Crippen MR) is 74.2 cm³/mol. The summed E-state index contributed by atoms with van der Waals surface area (Å²) in [6.45, 7) is 8.60. The summed E-state index contributed by atoms with van der Waals surface area (Å²) in [6, 6.07) is 9.43. The van der Waals surface area contributed by atoms with Crippen molar-refractivity contribution in [2.24, 2.45) is 5.41 Å². The Kier molecular flexibility index (Phi) is 5.27. The minimum Gasteiger partial charge on any atom is -0.445 e. The molecule has 0 saturated heterocycles. The van der Waals surface area contributed by atoms with Gasteiger partial charge in [-0.3, -0.25) is 4.57 Å². The first-order valence-electron chi connectivity index (χ1n) is 6.19. The molecule has 0 radical (unpaired) electrons. The summed E-state index contributed by atoms with van der Waals surface area (Å²) in [7, 11) is -2.01. The number of para-hydroxylation sites is 1. The van der Waals surface area contributed by atoms with E-state index in [0.717, 1.165) is 12.8 Å². The maximum atomic E-state index is 12.2. The van der Waals surface area contributed by atoms with E-state index in [4.69, 9.17) is 4.52 Å². The van der Waals surface area contributed by atoms with Crippen molar-refractivity contribution in [3.63, 3.8) is 0 Å². The first-order chi connectivity index (χ1) is 7.92. The third kappa shape index (κ3) is 5.41. The van der Waals surface area contributed by atoms with Crippen molar-refractivity contribution < 1.29 is 9.09 Å². The number of hydrogen-bond donors (Lipinski definition) is 0. The maximum Gasteiger partial charge on any atom is 0.239 e. The largest absolute Gasteiger partial charge is 0.445 e. The molecule has 0 aliphatic rings. The molecule has 1 rings (SSSR count). The fourth-order valence-corrected chi connectivity index (χ4v) is 3.47. The summed E-state index contributed by atoms with van der Waals surface area (Å²) in [4.78, 5) is 0. The van der Waals surface area contributed by atoms with Gasteiger partial charge in [-0.2, -0.15) is 0 Å². The van der Waals surface area contributed by atoms with E-state index in [1.165, 1.54) is 0 Å². The topological polar surface area (TPSA) is 26.3 Å². The molecule has 17 heavy (non-hydrogen) atoms. The zero-order valence-electron chi connectivity index (χ0n) is 11.2. The van der Waals surface area contributed by atoms with Gasteiger partial charge in [-0.1, -0.05) is 45.9 Å². The summed E-state index contributed by atoms with van der Waals surface area (Å²) in [5.41, 5.74) is 0.362. The fourth-order valence-electron chi connectivity index (χ4n) is 1.82. The standard InChI is InChI=1S/C14H23O2P/c1-5-13(11-14(2,3)4)17(15)16-12-9-7-6-8-10-12/h6-10,13,17H,5,11H2,1-4H3. The van der Waals surface area contributed by atoms with E-state index in [9.17, 15) is 4.57 Å². The second-order valence-electron chi connectivity index (χ2n) is 5.60. The Bertz CT molecular complexity index is 354. The minimum atomic E-state index is -2.01. The molecule has 0 fully saturated rings. The first kappa shape index (κ1) is 14.3. The highest BCUT2D eigenvalue weighted by Gasteiger charge is 2.23. The van der Waals surface area contributed by atoms with Crippen molar-refractivity contribution in [3.8, 4) is 5.75 Å². The molecule has 0 N–H and O–H groups in total. The highest BCUT2D eigenvalue weighted by Crippen LogP contribution is 2.39. The van der Waals surface area contributed by atoms with Gasteiger partial charge in [-0.25, -0.2) is 0 Å². The van der Waals surface area contributed by atoms with Crippen LogP contribution >= 0.6 is 8.03 Å². The molecule has 2 atom stereocenters. The first-order valence-corrected chi connectivity index (χ1v) is 7.58. The third-order valence-electron chi connectivity index (χ3n) is 2.65. The van der Waals surface area contributed by atoms with Gasteiger partial charge in [0.1, 0.15) is 5.75 Å². The molecular weight excluding hydrogens is 231 g/mol.